The predicted octanol–water partition coefficient (Wildman–Crippen LogP) is 5.92. The van der Waals surface area contributed by atoms with Crippen molar-refractivity contribution in [1.29, 1.82) is 0 Å². The van der Waals surface area contributed by atoms with E-state index in [9.17, 15) is 0 Å². The topological polar surface area (TPSA) is 28.2 Å². The van der Waals surface area contributed by atoms with E-state index in [1.54, 1.807) is 0 Å². The first-order valence-corrected chi connectivity index (χ1v) is 10.1. The molecule has 0 saturated carbocycles. The van der Waals surface area contributed by atoms with Crippen molar-refractivity contribution in [3.8, 4) is 0 Å². The number of fused-ring (bicyclic) bond motifs is 2. The lowest BCUT2D eigenvalue weighted by Crippen LogP contribution is -2.16. The van der Waals surface area contributed by atoms with Crippen molar-refractivity contribution in [2.45, 2.75) is 6.42 Å². The fraction of sp³-hybridized carbons (Fsp3) is 0.192. The van der Waals surface area contributed by atoms with E-state index >= 15 is 0 Å². The summed E-state index contributed by atoms with van der Waals surface area (Å²) in [6.45, 7) is 2.02. The largest absolute Gasteiger partial charge is 0.384 e. The van der Waals surface area contributed by atoms with Gasteiger partial charge in [-0.05, 0) is 61.6 Å². The Morgan fingerprint density at radius 2 is 1.62 bits per heavy atom. The highest BCUT2D eigenvalue weighted by Gasteiger charge is 2.05. The van der Waals surface area contributed by atoms with Gasteiger partial charge in [0.25, 0.3) is 0 Å². The Labute approximate surface area is 172 Å². The first-order chi connectivity index (χ1) is 14.2. The highest BCUT2D eigenvalue weighted by atomic mass is 15.1. The average molecular weight is 382 g/mol. The maximum Gasteiger partial charge on any atom is 0.0730 e. The van der Waals surface area contributed by atoms with Gasteiger partial charge in [-0.1, -0.05) is 66.7 Å². The summed E-state index contributed by atoms with van der Waals surface area (Å²) in [6.07, 6.45) is 5.37. The maximum atomic E-state index is 4.85. The van der Waals surface area contributed by atoms with Crippen molar-refractivity contribution in [2.75, 3.05) is 32.5 Å². The molecule has 0 aliphatic rings. The minimum absolute atomic E-state index is 0.943. The Kier molecular flexibility index (Phi) is 5.87. The zero-order chi connectivity index (χ0) is 20.1. The second-order valence-corrected chi connectivity index (χ2v) is 7.60. The molecule has 0 atom stereocenters. The molecule has 0 unspecified atom stereocenters. The van der Waals surface area contributed by atoms with E-state index in [0.29, 0.717) is 0 Å². The van der Waals surface area contributed by atoms with Crippen molar-refractivity contribution in [3.63, 3.8) is 0 Å². The molecule has 1 heterocycles. The van der Waals surface area contributed by atoms with Crippen LogP contribution < -0.4 is 5.32 Å². The van der Waals surface area contributed by atoms with Crippen molar-refractivity contribution < 1.29 is 0 Å². The van der Waals surface area contributed by atoms with Gasteiger partial charge in [-0.2, -0.15) is 0 Å². The van der Waals surface area contributed by atoms with Gasteiger partial charge in [0, 0.05) is 17.6 Å². The molecule has 4 aromatic rings. The van der Waals surface area contributed by atoms with Crippen molar-refractivity contribution in [1.82, 2.24) is 9.88 Å². The highest BCUT2D eigenvalue weighted by molar-refractivity contribution is 5.95. The Morgan fingerprint density at radius 1 is 0.862 bits per heavy atom. The number of hydrogen-bond donors (Lipinski definition) is 1. The number of nitrogens with one attached hydrogen (secondary N) is 1. The first-order valence-electron chi connectivity index (χ1n) is 10.1. The fourth-order valence-corrected chi connectivity index (χ4v) is 3.62. The van der Waals surface area contributed by atoms with Crippen LogP contribution in [0, 0.1) is 0 Å². The number of hydrogen-bond acceptors (Lipinski definition) is 3. The molecule has 3 heteroatoms. The molecule has 0 bridgehead atoms. The minimum atomic E-state index is 0.943. The van der Waals surface area contributed by atoms with Gasteiger partial charge in [-0.25, -0.2) is 4.98 Å². The molecule has 4 rings (SSSR count). The summed E-state index contributed by atoms with van der Waals surface area (Å²) in [6, 6.07) is 25.4. The molecule has 0 radical (unpaired) electrons. The monoisotopic (exact) mass is 381 g/mol. The maximum absolute atomic E-state index is 4.85. The Bertz CT molecular complexity index is 1140. The van der Waals surface area contributed by atoms with E-state index in [1.165, 1.54) is 21.7 Å². The third-order valence-electron chi connectivity index (χ3n) is 5.09. The van der Waals surface area contributed by atoms with Gasteiger partial charge in [-0.3, -0.25) is 0 Å². The van der Waals surface area contributed by atoms with Gasteiger partial charge in [0.05, 0.1) is 11.2 Å². The van der Waals surface area contributed by atoms with Gasteiger partial charge in [0.1, 0.15) is 0 Å². The molecule has 146 valence electrons. The molecular formula is C26H27N3. The Balaban J connectivity index is 1.64. The zero-order valence-corrected chi connectivity index (χ0v) is 17.1. The second-order valence-electron chi connectivity index (χ2n) is 7.60. The average Bonchev–Trinajstić information content (AvgIpc) is 2.75. The molecule has 29 heavy (non-hydrogen) atoms. The SMILES string of the molecule is CN(C)CCCNc1cc(C=Cc2cccc3ccccc23)nc2ccccc12. The lowest BCUT2D eigenvalue weighted by molar-refractivity contribution is 0.405. The molecular weight excluding hydrogens is 354 g/mol. The Morgan fingerprint density at radius 3 is 2.48 bits per heavy atom. The lowest BCUT2D eigenvalue weighted by atomic mass is 10.0. The molecule has 1 N–H and O–H groups in total. The van der Waals surface area contributed by atoms with Crippen LogP contribution in [-0.4, -0.2) is 37.1 Å². The van der Waals surface area contributed by atoms with E-state index < -0.39 is 0 Å². The molecule has 3 nitrogen and oxygen atoms in total. The predicted molar refractivity (Wildman–Crippen MR) is 126 cm³/mol. The highest BCUT2D eigenvalue weighted by Crippen LogP contribution is 2.25. The zero-order valence-electron chi connectivity index (χ0n) is 17.1. The van der Waals surface area contributed by atoms with Crippen LogP contribution in [0.5, 0.6) is 0 Å². The van der Waals surface area contributed by atoms with E-state index in [4.69, 9.17) is 4.98 Å². The molecule has 0 fully saturated rings. The number of aromatic nitrogens is 1. The summed E-state index contributed by atoms with van der Waals surface area (Å²) in [7, 11) is 4.22. The summed E-state index contributed by atoms with van der Waals surface area (Å²) >= 11 is 0. The summed E-state index contributed by atoms with van der Waals surface area (Å²) < 4.78 is 0. The number of pyridine rings is 1. The van der Waals surface area contributed by atoms with E-state index in [2.05, 4.69) is 103 Å². The number of para-hydroxylation sites is 1. The van der Waals surface area contributed by atoms with Crippen molar-refractivity contribution in [3.05, 3.63) is 84.1 Å². The van der Waals surface area contributed by atoms with Crippen LogP contribution in [0.4, 0.5) is 5.69 Å². The number of rotatable bonds is 7. The number of nitrogens with zero attached hydrogens (tertiary/aromatic N) is 2. The molecule has 0 spiro atoms. The van der Waals surface area contributed by atoms with Crippen LogP contribution in [0.3, 0.4) is 0 Å². The molecule has 0 aliphatic heterocycles. The van der Waals surface area contributed by atoms with Gasteiger partial charge in [0.15, 0.2) is 0 Å². The smallest absolute Gasteiger partial charge is 0.0730 e. The minimum Gasteiger partial charge on any atom is -0.384 e. The van der Waals surface area contributed by atoms with Crippen LogP contribution in [-0.2, 0) is 0 Å². The van der Waals surface area contributed by atoms with Crippen LogP contribution in [0.25, 0.3) is 33.8 Å². The Hall–Kier alpha value is -3.17. The van der Waals surface area contributed by atoms with Gasteiger partial charge in [0.2, 0.25) is 0 Å². The summed E-state index contributed by atoms with van der Waals surface area (Å²) in [5.41, 5.74) is 4.33. The first kappa shape index (κ1) is 19.2. The molecule has 0 saturated heterocycles. The van der Waals surface area contributed by atoms with Gasteiger partial charge >= 0.3 is 0 Å². The molecule has 0 amide bonds. The fourth-order valence-electron chi connectivity index (χ4n) is 3.62. The van der Waals surface area contributed by atoms with Crippen LogP contribution in [0.15, 0.2) is 72.8 Å². The van der Waals surface area contributed by atoms with E-state index in [-0.39, 0.29) is 0 Å². The van der Waals surface area contributed by atoms with E-state index in [1.807, 2.05) is 6.07 Å². The lowest BCUT2D eigenvalue weighted by Gasteiger charge is -2.13. The quantitative estimate of drug-likeness (QED) is 0.403. The van der Waals surface area contributed by atoms with Gasteiger partial charge in [-0.15, -0.1) is 0 Å². The molecule has 3 aromatic carbocycles. The standard InChI is InChI=1S/C26H27N3/c1-29(2)18-8-17-27-26-19-22(28-25-14-6-5-13-24(25)26)16-15-21-11-7-10-20-9-3-4-12-23(20)21/h3-7,9-16,19H,8,17-18H2,1-2H3,(H,27,28). The summed E-state index contributed by atoms with van der Waals surface area (Å²) in [5.74, 6) is 0. The normalized spacial score (nSPS) is 11.7. The second kappa shape index (κ2) is 8.89. The van der Waals surface area contributed by atoms with Crippen LogP contribution in [0.2, 0.25) is 0 Å². The van der Waals surface area contributed by atoms with Crippen molar-refractivity contribution >= 4 is 39.5 Å². The molecule has 1 aromatic heterocycles. The third kappa shape index (κ3) is 4.64. The number of anilines is 1. The van der Waals surface area contributed by atoms with E-state index in [0.717, 1.165) is 36.4 Å². The van der Waals surface area contributed by atoms with Crippen molar-refractivity contribution in [2.24, 2.45) is 0 Å². The van der Waals surface area contributed by atoms with Gasteiger partial charge < -0.3 is 10.2 Å². The molecule has 0 aliphatic carbocycles. The van der Waals surface area contributed by atoms with Crippen LogP contribution in [0.1, 0.15) is 17.7 Å². The number of benzene rings is 3. The summed E-state index contributed by atoms with van der Waals surface area (Å²) in [5, 5.41) is 7.29. The van der Waals surface area contributed by atoms with Crippen LogP contribution >= 0.6 is 0 Å². The summed E-state index contributed by atoms with van der Waals surface area (Å²) in [4.78, 5) is 7.07. The third-order valence-corrected chi connectivity index (χ3v) is 5.09.